The molecule has 3 nitrogen and oxygen atoms in total. The molecule has 0 aromatic rings. The van der Waals surface area contributed by atoms with Gasteiger partial charge in [-0.05, 0) is 27.2 Å². The maximum atomic E-state index is 12.7. The summed E-state index contributed by atoms with van der Waals surface area (Å²) >= 11 is 0. The summed E-state index contributed by atoms with van der Waals surface area (Å²) < 4.78 is 50.7. The molecule has 0 fully saturated rings. The lowest BCUT2D eigenvalue weighted by atomic mass is 9.99. The Hall–Kier alpha value is -0.610. The first-order chi connectivity index (χ1) is 7.00. The van der Waals surface area contributed by atoms with Gasteiger partial charge in [0.25, 0.3) is 0 Å². The van der Waals surface area contributed by atoms with Crippen molar-refractivity contribution in [2.24, 2.45) is 0 Å². The van der Waals surface area contributed by atoms with Crippen LogP contribution in [0.5, 0.6) is 0 Å². The molecular weight excluding hydrogens is 241 g/mol. The van der Waals surface area contributed by atoms with Crippen LogP contribution in [0.1, 0.15) is 34.1 Å². The summed E-state index contributed by atoms with van der Waals surface area (Å²) in [7, 11) is -1.95. The molecule has 0 heterocycles. The molecule has 0 aliphatic rings. The molecular formula is C9H15F3N2OS. The monoisotopic (exact) mass is 256 g/mol. The molecule has 7 heteroatoms. The number of hydrogen-bond donors (Lipinski definition) is 1. The fraction of sp³-hybridized carbons (Fsp3) is 0.889. The van der Waals surface area contributed by atoms with E-state index in [9.17, 15) is 17.4 Å². The quantitative estimate of drug-likeness (QED) is 0.842. The Balaban J connectivity index is 5.15. The van der Waals surface area contributed by atoms with Crippen molar-refractivity contribution in [2.45, 2.75) is 50.6 Å². The van der Waals surface area contributed by atoms with E-state index in [4.69, 9.17) is 5.26 Å². The molecule has 0 radical (unpaired) electrons. The van der Waals surface area contributed by atoms with Gasteiger partial charge in [-0.15, -0.1) is 0 Å². The highest BCUT2D eigenvalue weighted by atomic mass is 32.2. The Bertz CT molecular complexity index is 316. The van der Waals surface area contributed by atoms with Crippen molar-refractivity contribution in [1.29, 1.82) is 5.26 Å². The van der Waals surface area contributed by atoms with Crippen LogP contribution in [0.15, 0.2) is 0 Å². The number of hydrogen-bond acceptors (Lipinski definition) is 2. The Kier molecular flexibility index (Phi) is 4.54. The summed E-state index contributed by atoms with van der Waals surface area (Å²) in [5.74, 6) is 0. The Morgan fingerprint density at radius 3 is 1.94 bits per heavy atom. The molecule has 16 heavy (non-hydrogen) atoms. The zero-order chi connectivity index (χ0) is 13.2. The highest BCUT2D eigenvalue weighted by Gasteiger charge is 2.56. The molecule has 0 aliphatic carbocycles. The van der Waals surface area contributed by atoms with Crippen LogP contribution in [0.2, 0.25) is 0 Å². The molecule has 0 aromatic heterocycles. The van der Waals surface area contributed by atoms with Crippen molar-refractivity contribution in [3.63, 3.8) is 0 Å². The SMILES string of the molecule is CC[C@@](C#N)(NS(=O)C(C)(C)C)C(F)(F)F. The third-order valence-electron chi connectivity index (χ3n) is 2.03. The van der Waals surface area contributed by atoms with E-state index in [1.807, 2.05) is 4.72 Å². The first-order valence-corrected chi connectivity index (χ1v) is 5.83. The van der Waals surface area contributed by atoms with Crippen LogP contribution in [0.4, 0.5) is 13.2 Å². The summed E-state index contributed by atoms with van der Waals surface area (Å²) in [4.78, 5) is 0. The summed E-state index contributed by atoms with van der Waals surface area (Å²) in [6.07, 6.45) is -5.24. The fourth-order valence-corrected chi connectivity index (χ4v) is 1.74. The van der Waals surface area contributed by atoms with Crippen molar-refractivity contribution in [3.05, 3.63) is 0 Å². The molecule has 2 atom stereocenters. The van der Waals surface area contributed by atoms with Gasteiger partial charge < -0.3 is 0 Å². The molecule has 94 valence electrons. The summed E-state index contributed by atoms with van der Waals surface area (Å²) in [5, 5.41) is 8.66. The minimum absolute atomic E-state index is 0.491. The van der Waals surface area contributed by atoms with Gasteiger partial charge in [-0.25, -0.2) is 8.93 Å². The summed E-state index contributed by atoms with van der Waals surface area (Å²) in [6, 6.07) is 1.18. The average Bonchev–Trinajstić information content (AvgIpc) is 2.10. The number of nitrogens with zero attached hydrogens (tertiary/aromatic N) is 1. The zero-order valence-corrected chi connectivity index (χ0v) is 10.4. The Labute approximate surface area is 95.6 Å². The van der Waals surface area contributed by atoms with Crippen molar-refractivity contribution < 1.29 is 17.4 Å². The first-order valence-electron chi connectivity index (χ1n) is 4.68. The maximum Gasteiger partial charge on any atom is 0.420 e. The van der Waals surface area contributed by atoms with Gasteiger partial charge >= 0.3 is 6.18 Å². The number of alkyl halides is 3. The van der Waals surface area contributed by atoms with E-state index in [-0.39, 0.29) is 0 Å². The lowest BCUT2D eigenvalue weighted by Gasteiger charge is -2.31. The van der Waals surface area contributed by atoms with Crippen LogP contribution in [-0.2, 0) is 11.0 Å². The van der Waals surface area contributed by atoms with E-state index >= 15 is 0 Å². The second kappa shape index (κ2) is 4.72. The van der Waals surface area contributed by atoms with E-state index in [1.54, 1.807) is 0 Å². The van der Waals surface area contributed by atoms with Gasteiger partial charge in [0.05, 0.1) is 21.8 Å². The fourth-order valence-electron chi connectivity index (χ4n) is 0.807. The average molecular weight is 256 g/mol. The van der Waals surface area contributed by atoms with Crippen molar-refractivity contribution in [2.75, 3.05) is 0 Å². The van der Waals surface area contributed by atoms with Gasteiger partial charge in [-0.2, -0.15) is 18.4 Å². The standard InChI is InChI=1S/C9H15F3N2OS/c1-5-8(6-13,9(10,11)12)14-16(15)7(2,3)4/h14H,5H2,1-4H3/t8-,16?/m0/s1. The predicted octanol–water partition coefficient (Wildman–Crippen LogP) is 2.27. The first kappa shape index (κ1) is 15.4. The molecule has 1 unspecified atom stereocenters. The van der Waals surface area contributed by atoms with E-state index in [1.165, 1.54) is 33.8 Å². The van der Waals surface area contributed by atoms with Crippen LogP contribution >= 0.6 is 0 Å². The normalized spacial score (nSPS) is 18.6. The molecule has 0 aromatic carbocycles. The Morgan fingerprint density at radius 1 is 1.31 bits per heavy atom. The lowest BCUT2D eigenvalue weighted by molar-refractivity contribution is -0.174. The number of halogens is 3. The van der Waals surface area contributed by atoms with Gasteiger partial charge in [0.2, 0.25) is 5.54 Å². The lowest BCUT2D eigenvalue weighted by Crippen LogP contribution is -2.58. The minimum Gasteiger partial charge on any atom is -0.242 e. The molecule has 0 bridgehead atoms. The molecule has 0 rings (SSSR count). The largest absolute Gasteiger partial charge is 0.420 e. The Morgan fingerprint density at radius 2 is 1.75 bits per heavy atom. The molecule has 0 aliphatic heterocycles. The minimum atomic E-state index is -4.75. The molecule has 0 amide bonds. The van der Waals surface area contributed by atoms with Crippen LogP contribution in [-0.4, -0.2) is 20.7 Å². The topological polar surface area (TPSA) is 52.9 Å². The number of rotatable bonds is 3. The summed E-state index contributed by atoms with van der Waals surface area (Å²) in [6.45, 7) is 5.82. The molecule has 1 N–H and O–H groups in total. The highest BCUT2D eigenvalue weighted by molar-refractivity contribution is 7.84. The van der Waals surface area contributed by atoms with Crippen molar-refractivity contribution >= 4 is 11.0 Å². The molecule has 0 saturated heterocycles. The van der Waals surface area contributed by atoms with E-state index in [0.717, 1.165) is 0 Å². The smallest absolute Gasteiger partial charge is 0.242 e. The molecule has 0 spiro atoms. The predicted molar refractivity (Wildman–Crippen MR) is 55.7 cm³/mol. The number of nitriles is 1. The van der Waals surface area contributed by atoms with Gasteiger partial charge in [0.15, 0.2) is 0 Å². The third kappa shape index (κ3) is 3.19. The molecule has 0 saturated carbocycles. The zero-order valence-electron chi connectivity index (χ0n) is 9.60. The summed E-state index contributed by atoms with van der Waals surface area (Å²) in [5.41, 5.74) is -2.74. The van der Waals surface area contributed by atoms with Crippen LogP contribution in [0.3, 0.4) is 0 Å². The van der Waals surface area contributed by atoms with Gasteiger partial charge in [-0.3, -0.25) is 0 Å². The number of nitrogens with one attached hydrogen (secondary N) is 1. The van der Waals surface area contributed by atoms with Gasteiger partial charge in [0, 0.05) is 0 Å². The van der Waals surface area contributed by atoms with E-state index in [0.29, 0.717) is 0 Å². The van der Waals surface area contributed by atoms with E-state index in [2.05, 4.69) is 0 Å². The van der Waals surface area contributed by atoms with Crippen molar-refractivity contribution in [1.82, 2.24) is 4.72 Å². The van der Waals surface area contributed by atoms with Crippen LogP contribution in [0, 0.1) is 11.3 Å². The van der Waals surface area contributed by atoms with E-state index < -0.39 is 33.9 Å². The maximum absolute atomic E-state index is 12.7. The van der Waals surface area contributed by atoms with Crippen LogP contribution < -0.4 is 4.72 Å². The van der Waals surface area contributed by atoms with Gasteiger partial charge in [-0.1, -0.05) is 6.92 Å². The highest BCUT2D eigenvalue weighted by Crippen LogP contribution is 2.33. The second-order valence-corrected chi connectivity index (χ2v) is 6.32. The third-order valence-corrected chi connectivity index (χ3v) is 3.67. The van der Waals surface area contributed by atoms with Crippen molar-refractivity contribution in [3.8, 4) is 6.07 Å². The van der Waals surface area contributed by atoms with Crippen LogP contribution in [0.25, 0.3) is 0 Å². The second-order valence-electron chi connectivity index (χ2n) is 4.35. The van der Waals surface area contributed by atoms with Gasteiger partial charge in [0.1, 0.15) is 0 Å².